The first-order valence-electron chi connectivity index (χ1n) is 10.0. The van der Waals surface area contributed by atoms with Gasteiger partial charge in [0.15, 0.2) is 5.96 Å². The Balaban J connectivity index is 0.00000480. The molecule has 1 aromatic carbocycles. The summed E-state index contributed by atoms with van der Waals surface area (Å²) >= 11 is 0. The lowest BCUT2D eigenvalue weighted by Gasteiger charge is -2.39. The normalized spacial score (nSPS) is 16.5. The van der Waals surface area contributed by atoms with Gasteiger partial charge in [-0.3, -0.25) is 9.89 Å². The summed E-state index contributed by atoms with van der Waals surface area (Å²) in [7, 11) is 1.66. The Morgan fingerprint density at radius 2 is 1.68 bits per heavy atom. The predicted molar refractivity (Wildman–Crippen MR) is 128 cm³/mol. The molecule has 1 unspecified atom stereocenters. The summed E-state index contributed by atoms with van der Waals surface area (Å²) in [6, 6.07) is 5.79. The smallest absolute Gasteiger partial charge is 0.352 e. The quantitative estimate of drug-likeness (QED) is 0.295. The lowest BCUT2D eigenvalue weighted by atomic mass is 10.2. The number of aliphatic imine (C=N–C) groups is 1. The zero-order valence-electron chi connectivity index (χ0n) is 18.3. The van der Waals surface area contributed by atoms with E-state index in [-0.39, 0.29) is 36.0 Å². The summed E-state index contributed by atoms with van der Waals surface area (Å²) in [6.07, 6.45) is -4.21. The summed E-state index contributed by atoms with van der Waals surface area (Å²) in [4.78, 5) is 19.4. The average molecular weight is 556 g/mol. The molecule has 11 heteroatoms. The summed E-state index contributed by atoms with van der Waals surface area (Å²) in [5.41, 5.74) is 1.69. The Kier molecular flexibility index (Phi) is 10.8. The van der Waals surface area contributed by atoms with E-state index >= 15 is 0 Å². The van der Waals surface area contributed by atoms with Crippen molar-refractivity contribution < 1.29 is 18.0 Å². The van der Waals surface area contributed by atoms with Crippen molar-refractivity contribution in [3.63, 3.8) is 0 Å². The molecule has 0 spiro atoms. The highest BCUT2D eigenvalue weighted by Crippen LogP contribution is 2.25. The molecule has 1 heterocycles. The number of anilines is 1. The van der Waals surface area contributed by atoms with E-state index in [1.54, 1.807) is 7.05 Å². The van der Waals surface area contributed by atoms with E-state index in [0.29, 0.717) is 44.4 Å². The first-order valence-corrected chi connectivity index (χ1v) is 10.0. The number of hydrogen-bond acceptors (Lipinski definition) is 3. The van der Waals surface area contributed by atoms with Crippen LogP contribution in [0.3, 0.4) is 0 Å². The molecule has 1 fully saturated rings. The van der Waals surface area contributed by atoms with Crippen molar-refractivity contribution in [1.29, 1.82) is 0 Å². The average Bonchev–Trinajstić information content (AvgIpc) is 2.68. The van der Waals surface area contributed by atoms with Crippen LogP contribution in [0.5, 0.6) is 0 Å². The van der Waals surface area contributed by atoms with Gasteiger partial charge in [0, 0.05) is 51.5 Å². The molecule has 2 rings (SSSR count). The van der Waals surface area contributed by atoms with E-state index in [2.05, 4.69) is 20.9 Å². The van der Waals surface area contributed by atoms with E-state index in [4.69, 9.17) is 0 Å². The Morgan fingerprint density at radius 3 is 2.16 bits per heavy atom. The predicted octanol–water partition coefficient (Wildman–Crippen LogP) is 3.48. The van der Waals surface area contributed by atoms with Crippen molar-refractivity contribution in [2.24, 2.45) is 4.99 Å². The molecular weight excluding hydrogens is 524 g/mol. The fourth-order valence-corrected chi connectivity index (χ4v) is 3.18. The molecule has 1 aromatic rings. The fourth-order valence-electron chi connectivity index (χ4n) is 3.18. The van der Waals surface area contributed by atoms with Gasteiger partial charge in [0.1, 0.15) is 6.04 Å². The maximum absolute atomic E-state index is 12.9. The second kappa shape index (κ2) is 12.3. The molecule has 0 radical (unpaired) electrons. The summed E-state index contributed by atoms with van der Waals surface area (Å²) in [5, 5.41) is 8.77. The SMILES string of the molecule is CN=C(NCc1ccc(NC(=O)NC(C)C)cc1)N1CCN(C(C)C(F)(F)F)CC1.I. The van der Waals surface area contributed by atoms with E-state index in [1.807, 2.05) is 43.0 Å². The largest absolute Gasteiger partial charge is 0.403 e. The number of guanidine groups is 1. The lowest BCUT2D eigenvalue weighted by Crippen LogP contribution is -2.56. The van der Waals surface area contributed by atoms with E-state index in [0.717, 1.165) is 5.56 Å². The first kappa shape index (κ1) is 27.3. The third-order valence-corrected chi connectivity index (χ3v) is 4.93. The molecule has 0 saturated carbocycles. The summed E-state index contributed by atoms with van der Waals surface area (Å²) in [6.45, 7) is 7.12. The minimum atomic E-state index is -4.21. The molecular formula is C20H32F3IN6O. The molecule has 1 aliphatic heterocycles. The van der Waals surface area contributed by atoms with Gasteiger partial charge < -0.3 is 20.9 Å². The second-order valence-electron chi connectivity index (χ2n) is 7.59. The molecule has 3 N–H and O–H groups in total. The highest BCUT2D eigenvalue weighted by molar-refractivity contribution is 14.0. The topological polar surface area (TPSA) is 72.0 Å². The molecule has 7 nitrogen and oxygen atoms in total. The van der Waals surface area contributed by atoms with E-state index < -0.39 is 12.2 Å². The maximum Gasteiger partial charge on any atom is 0.403 e. The lowest BCUT2D eigenvalue weighted by molar-refractivity contribution is -0.181. The van der Waals surface area contributed by atoms with Crippen LogP contribution in [0.1, 0.15) is 26.3 Å². The second-order valence-corrected chi connectivity index (χ2v) is 7.59. The Hall–Kier alpha value is -1.76. The van der Waals surface area contributed by atoms with Gasteiger partial charge in [-0.2, -0.15) is 13.2 Å². The number of nitrogens with zero attached hydrogens (tertiary/aromatic N) is 3. The van der Waals surface area contributed by atoms with Gasteiger partial charge in [0.2, 0.25) is 0 Å². The van der Waals surface area contributed by atoms with Gasteiger partial charge in [0.05, 0.1) is 0 Å². The van der Waals surface area contributed by atoms with E-state index in [9.17, 15) is 18.0 Å². The number of nitrogens with one attached hydrogen (secondary N) is 3. The van der Waals surface area contributed by atoms with Crippen molar-refractivity contribution in [3.05, 3.63) is 29.8 Å². The van der Waals surface area contributed by atoms with Crippen LogP contribution in [0, 0.1) is 0 Å². The number of carbonyl (C=O) groups is 1. The van der Waals surface area contributed by atoms with Crippen LogP contribution in [0.15, 0.2) is 29.3 Å². The monoisotopic (exact) mass is 556 g/mol. The minimum Gasteiger partial charge on any atom is -0.352 e. The summed E-state index contributed by atoms with van der Waals surface area (Å²) in [5.74, 6) is 0.660. The van der Waals surface area contributed by atoms with Crippen LogP contribution in [0.25, 0.3) is 0 Å². The Bertz CT molecular complexity index is 719. The summed E-state index contributed by atoms with van der Waals surface area (Å²) < 4.78 is 38.7. The van der Waals surface area contributed by atoms with Crippen LogP contribution < -0.4 is 16.0 Å². The number of benzene rings is 1. The molecule has 1 saturated heterocycles. The van der Waals surface area contributed by atoms with Crippen LogP contribution >= 0.6 is 24.0 Å². The number of piperazine rings is 1. The molecule has 0 bridgehead atoms. The molecule has 0 aliphatic carbocycles. The molecule has 0 aromatic heterocycles. The number of carbonyl (C=O) groups excluding carboxylic acids is 1. The standard InChI is InChI=1S/C20H31F3N6O.HI/c1-14(2)26-19(30)27-17-7-5-16(6-8-17)13-25-18(24-4)29-11-9-28(10-12-29)15(3)20(21,22)23;/h5-8,14-15H,9-13H2,1-4H3,(H,24,25)(H2,26,27,30);1H. The van der Waals surface area contributed by atoms with Gasteiger partial charge in [-0.15, -0.1) is 24.0 Å². The van der Waals surface area contributed by atoms with Gasteiger partial charge in [-0.25, -0.2) is 4.79 Å². The molecule has 1 atom stereocenters. The highest BCUT2D eigenvalue weighted by Gasteiger charge is 2.41. The number of rotatable bonds is 5. The number of halogens is 4. The third kappa shape index (κ3) is 8.71. The van der Waals surface area contributed by atoms with Crippen LogP contribution in [0.4, 0.5) is 23.7 Å². The molecule has 176 valence electrons. The Morgan fingerprint density at radius 1 is 1.10 bits per heavy atom. The number of amides is 2. The Labute approximate surface area is 198 Å². The van der Waals surface area contributed by atoms with Crippen molar-refractivity contribution in [1.82, 2.24) is 20.4 Å². The number of hydrogen-bond donors (Lipinski definition) is 3. The molecule has 31 heavy (non-hydrogen) atoms. The van der Waals surface area contributed by atoms with Crippen LogP contribution in [-0.2, 0) is 6.54 Å². The minimum absolute atomic E-state index is 0. The van der Waals surface area contributed by atoms with Crippen molar-refractivity contribution >= 4 is 41.7 Å². The zero-order valence-corrected chi connectivity index (χ0v) is 20.6. The molecule has 2 amide bonds. The van der Waals surface area contributed by atoms with Crippen LogP contribution in [0.2, 0.25) is 0 Å². The zero-order chi connectivity index (χ0) is 22.3. The van der Waals surface area contributed by atoms with E-state index in [1.165, 1.54) is 11.8 Å². The van der Waals surface area contributed by atoms with Gasteiger partial charge in [0.25, 0.3) is 0 Å². The highest BCUT2D eigenvalue weighted by atomic mass is 127. The van der Waals surface area contributed by atoms with Gasteiger partial charge >= 0.3 is 12.2 Å². The van der Waals surface area contributed by atoms with Crippen molar-refractivity contribution in [2.45, 2.75) is 45.6 Å². The van der Waals surface area contributed by atoms with Crippen LogP contribution in [-0.4, -0.2) is 73.3 Å². The van der Waals surface area contributed by atoms with Gasteiger partial charge in [-0.1, -0.05) is 12.1 Å². The first-order chi connectivity index (χ1) is 14.1. The van der Waals surface area contributed by atoms with Gasteiger partial charge in [-0.05, 0) is 38.5 Å². The fraction of sp³-hybridized carbons (Fsp3) is 0.600. The number of alkyl halides is 3. The third-order valence-electron chi connectivity index (χ3n) is 4.93. The number of urea groups is 1. The van der Waals surface area contributed by atoms with Crippen molar-refractivity contribution in [3.8, 4) is 0 Å². The van der Waals surface area contributed by atoms with Crippen molar-refractivity contribution in [2.75, 3.05) is 38.5 Å². The maximum atomic E-state index is 12.9. The molecule has 1 aliphatic rings.